The molecule has 3 aliphatic rings. The van der Waals surface area contributed by atoms with Crippen molar-refractivity contribution in [2.45, 2.75) is 69.5 Å². The fraction of sp³-hybridized carbons (Fsp3) is 1.00. The Labute approximate surface area is 111 Å². The Morgan fingerprint density at radius 1 is 1.17 bits per heavy atom. The van der Waals surface area contributed by atoms with Crippen molar-refractivity contribution >= 4 is 0 Å². The van der Waals surface area contributed by atoms with Crippen LogP contribution < -0.4 is 10.6 Å². The van der Waals surface area contributed by atoms with Crippen molar-refractivity contribution in [1.82, 2.24) is 10.6 Å². The lowest BCUT2D eigenvalue weighted by Gasteiger charge is -2.36. The van der Waals surface area contributed by atoms with Crippen LogP contribution in [0, 0.1) is 5.92 Å². The SMILES string of the molecule is CC1(NCCC2CC3CCC(C2)N3)CCOCC1. The minimum atomic E-state index is 0.337. The lowest BCUT2D eigenvalue weighted by Crippen LogP contribution is -2.47. The van der Waals surface area contributed by atoms with Crippen LogP contribution in [-0.4, -0.2) is 37.4 Å². The summed E-state index contributed by atoms with van der Waals surface area (Å²) in [7, 11) is 0. The molecular formula is C15H28N2O. The smallest absolute Gasteiger partial charge is 0.0483 e. The van der Waals surface area contributed by atoms with E-state index in [1.807, 2.05) is 0 Å². The maximum Gasteiger partial charge on any atom is 0.0483 e. The molecule has 3 heteroatoms. The number of ether oxygens (including phenoxy) is 1. The standard InChI is InChI=1S/C15H28N2O/c1-15(5-8-18-9-6-15)16-7-4-12-10-13-2-3-14(11-12)17-13/h12-14,16-17H,2-11H2,1H3. The molecule has 0 amide bonds. The third-order valence-corrected chi connectivity index (χ3v) is 5.27. The van der Waals surface area contributed by atoms with Gasteiger partial charge in [0.2, 0.25) is 0 Å². The van der Waals surface area contributed by atoms with Gasteiger partial charge in [-0.05, 0) is 64.3 Å². The van der Waals surface area contributed by atoms with Gasteiger partial charge in [0.25, 0.3) is 0 Å². The Bertz CT molecular complexity index is 264. The van der Waals surface area contributed by atoms with Crippen LogP contribution >= 0.6 is 0 Å². The number of hydrogen-bond donors (Lipinski definition) is 2. The molecule has 3 heterocycles. The number of fused-ring (bicyclic) bond motifs is 2. The first-order valence-electron chi connectivity index (χ1n) is 7.82. The van der Waals surface area contributed by atoms with E-state index in [-0.39, 0.29) is 0 Å². The van der Waals surface area contributed by atoms with Crippen molar-refractivity contribution < 1.29 is 4.74 Å². The normalized spacial score (nSPS) is 38.8. The van der Waals surface area contributed by atoms with Gasteiger partial charge in [-0.15, -0.1) is 0 Å². The average molecular weight is 252 g/mol. The first kappa shape index (κ1) is 12.9. The molecule has 2 atom stereocenters. The van der Waals surface area contributed by atoms with Gasteiger partial charge in [0.05, 0.1) is 0 Å². The summed E-state index contributed by atoms with van der Waals surface area (Å²) in [6.45, 7) is 5.42. The molecule has 3 rings (SSSR count). The van der Waals surface area contributed by atoms with Gasteiger partial charge in [-0.25, -0.2) is 0 Å². The first-order valence-corrected chi connectivity index (χ1v) is 7.82. The molecule has 2 bridgehead atoms. The van der Waals surface area contributed by atoms with E-state index in [2.05, 4.69) is 17.6 Å². The van der Waals surface area contributed by atoms with E-state index in [9.17, 15) is 0 Å². The summed E-state index contributed by atoms with van der Waals surface area (Å²) in [6.07, 6.45) is 9.38. The van der Waals surface area contributed by atoms with Gasteiger partial charge in [-0.3, -0.25) is 0 Å². The van der Waals surface area contributed by atoms with E-state index in [0.29, 0.717) is 5.54 Å². The molecule has 0 aromatic carbocycles. The molecular weight excluding hydrogens is 224 g/mol. The molecule has 104 valence electrons. The fourth-order valence-electron chi connectivity index (χ4n) is 3.99. The third-order valence-electron chi connectivity index (χ3n) is 5.27. The van der Waals surface area contributed by atoms with Gasteiger partial charge in [0, 0.05) is 30.8 Å². The molecule has 3 fully saturated rings. The Balaban J connectivity index is 1.39. The van der Waals surface area contributed by atoms with E-state index in [0.717, 1.165) is 31.2 Å². The topological polar surface area (TPSA) is 33.3 Å². The highest BCUT2D eigenvalue weighted by molar-refractivity contribution is 4.92. The summed E-state index contributed by atoms with van der Waals surface area (Å²) in [5, 5.41) is 7.53. The van der Waals surface area contributed by atoms with E-state index in [1.54, 1.807) is 0 Å². The van der Waals surface area contributed by atoms with Crippen molar-refractivity contribution in [2.24, 2.45) is 5.92 Å². The number of hydrogen-bond acceptors (Lipinski definition) is 3. The molecule has 3 nitrogen and oxygen atoms in total. The van der Waals surface area contributed by atoms with Crippen molar-refractivity contribution in [1.29, 1.82) is 0 Å². The predicted molar refractivity (Wildman–Crippen MR) is 73.7 cm³/mol. The summed E-state index contributed by atoms with van der Waals surface area (Å²) >= 11 is 0. The molecule has 3 saturated heterocycles. The monoisotopic (exact) mass is 252 g/mol. The maximum atomic E-state index is 5.45. The minimum absolute atomic E-state index is 0.337. The quantitative estimate of drug-likeness (QED) is 0.803. The number of piperidine rings is 1. The van der Waals surface area contributed by atoms with Crippen molar-refractivity contribution in [3.63, 3.8) is 0 Å². The highest BCUT2D eigenvalue weighted by Gasteiger charge is 2.33. The fourth-order valence-corrected chi connectivity index (χ4v) is 3.99. The van der Waals surface area contributed by atoms with Crippen LogP contribution in [0.5, 0.6) is 0 Å². The highest BCUT2D eigenvalue weighted by Crippen LogP contribution is 2.32. The van der Waals surface area contributed by atoms with Crippen LogP contribution in [0.1, 0.15) is 51.9 Å². The third kappa shape index (κ3) is 3.06. The van der Waals surface area contributed by atoms with Gasteiger partial charge in [-0.1, -0.05) is 0 Å². The molecule has 3 aliphatic heterocycles. The van der Waals surface area contributed by atoms with Crippen LogP contribution in [0.2, 0.25) is 0 Å². The molecule has 0 aromatic heterocycles. The largest absolute Gasteiger partial charge is 0.381 e. The van der Waals surface area contributed by atoms with Gasteiger partial charge in [0.15, 0.2) is 0 Å². The number of nitrogens with one attached hydrogen (secondary N) is 2. The molecule has 18 heavy (non-hydrogen) atoms. The van der Waals surface area contributed by atoms with Crippen LogP contribution in [0.3, 0.4) is 0 Å². The Hall–Kier alpha value is -0.120. The number of rotatable bonds is 4. The van der Waals surface area contributed by atoms with Crippen LogP contribution in [0.15, 0.2) is 0 Å². The first-order chi connectivity index (χ1) is 8.73. The van der Waals surface area contributed by atoms with Gasteiger partial charge in [0.1, 0.15) is 0 Å². The molecule has 0 saturated carbocycles. The average Bonchev–Trinajstić information content (AvgIpc) is 2.69. The highest BCUT2D eigenvalue weighted by atomic mass is 16.5. The lowest BCUT2D eigenvalue weighted by atomic mass is 9.88. The van der Waals surface area contributed by atoms with Crippen molar-refractivity contribution in [2.75, 3.05) is 19.8 Å². The lowest BCUT2D eigenvalue weighted by molar-refractivity contribution is 0.0446. The molecule has 0 radical (unpaired) electrons. The van der Waals surface area contributed by atoms with Crippen LogP contribution in [-0.2, 0) is 4.74 Å². The van der Waals surface area contributed by atoms with Crippen LogP contribution in [0.4, 0.5) is 0 Å². The zero-order valence-electron chi connectivity index (χ0n) is 11.7. The summed E-state index contributed by atoms with van der Waals surface area (Å²) in [5.41, 5.74) is 0.337. The second-order valence-electron chi connectivity index (χ2n) is 6.86. The molecule has 2 unspecified atom stereocenters. The second kappa shape index (κ2) is 5.48. The molecule has 0 spiro atoms. The zero-order valence-corrected chi connectivity index (χ0v) is 11.7. The molecule has 0 aliphatic carbocycles. The maximum absolute atomic E-state index is 5.45. The summed E-state index contributed by atoms with van der Waals surface area (Å²) in [4.78, 5) is 0. The van der Waals surface area contributed by atoms with E-state index < -0.39 is 0 Å². The van der Waals surface area contributed by atoms with Gasteiger partial charge in [-0.2, -0.15) is 0 Å². The van der Waals surface area contributed by atoms with Crippen LogP contribution in [0.25, 0.3) is 0 Å². The van der Waals surface area contributed by atoms with Crippen molar-refractivity contribution in [3.8, 4) is 0 Å². The Morgan fingerprint density at radius 2 is 1.83 bits per heavy atom. The van der Waals surface area contributed by atoms with E-state index in [1.165, 1.54) is 51.5 Å². The summed E-state index contributed by atoms with van der Waals surface area (Å²) < 4.78 is 5.45. The summed E-state index contributed by atoms with van der Waals surface area (Å²) in [6, 6.07) is 1.68. The minimum Gasteiger partial charge on any atom is -0.381 e. The molecule has 2 N–H and O–H groups in total. The Morgan fingerprint density at radius 3 is 2.50 bits per heavy atom. The summed E-state index contributed by atoms with van der Waals surface area (Å²) in [5.74, 6) is 0.958. The Kier molecular flexibility index (Phi) is 3.92. The second-order valence-corrected chi connectivity index (χ2v) is 6.86. The van der Waals surface area contributed by atoms with Gasteiger partial charge >= 0.3 is 0 Å². The van der Waals surface area contributed by atoms with Crippen molar-refractivity contribution in [3.05, 3.63) is 0 Å². The zero-order chi connectivity index (χ0) is 12.4. The van der Waals surface area contributed by atoms with E-state index in [4.69, 9.17) is 4.74 Å². The predicted octanol–water partition coefficient (Wildman–Crippen LogP) is 2.07. The van der Waals surface area contributed by atoms with Gasteiger partial charge < -0.3 is 15.4 Å². The molecule has 0 aromatic rings. The van der Waals surface area contributed by atoms with E-state index >= 15 is 0 Å².